The normalized spacial score (nSPS) is 15.4. The summed E-state index contributed by atoms with van der Waals surface area (Å²) in [5.41, 5.74) is 15.6. The van der Waals surface area contributed by atoms with Crippen LogP contribution in [0.4, 0.5) is 41.6 Å². The average molecular weight is 2560 g/mol. The summed E-state index contributed by atoms with van der Waals surface area (Å²) in [6.07, 6.45) is 28.8. The van der Waals surface area contributed by atoms with E-state index in [1.807, 2.05) is 136 Å². The lowest BCUT2D eigenvalue weighted by Gasteiger charge is -2.22. The van der Waals surface area contributed by atoms with Gasteiger partial charge in [0.2, 0.25) is 50.1 Å². The third-order valence-electron chi connectivity index (χ3n) is 26.3. The van der Waals surface area contributed by atoms with E-state index in [4.69, 9.17) is 39.9 Å². The minimum Gasteiger partial charge on any atom is -0.396 e. The summed E-state index contributed by atoms with van der Waals surface area (Å²) in [6, 6.07) is 26.2. The van der Waals surface area contributed by atoms with Crippen molar-refractivity contribution in [3.8, 4) is 0 Å². The smallest absolute Gasteiger partial charge is 0.238 e. The van der Waals surface area contributed by atoms with Crippen LogP contribution in [0.3, 0.4) is 0 Å². The Bertz CT molecular complexity index is 7870. The number of aliphatic hydroxyl groups excluding tert-OH is 4. The summed E-state index contributed by atoms with van der Waals surface area (Å²) >= 11 is 32.3. The molecule has 5 aliphatic carbocycles. The molecule has 5 fully saturated rings. The second kappa shape index (κ2) is 43.0. The van der Waals surface area contributed by atoms with E-state index >= 15 is 0 Å². The molecule has 5 aromatic carbocycles. The highest BCUT2D eigenvalue weighted by Gasteiger charge is 2.57. The van der Waals surface area contributed by atoms with Gasteiger partial charge in [-0.15, -0.1) is 10.2 Å². The minimum absolute atomic E-state index is 0.0355. The van der Waals surface area contributed by atoms with Gasteiger partial charge < -0.3 is 38.0 Å². The van der Waals surface area contributed by atoms with Crippen molar-refractivity contribution in [3.63, 3.8) is 0 Å². The van der Waals surface area contributed by atoms with Gasteiger partial charge in [0, 0.05) is 161 Å². The number of imidazole rings is 4. The summed E-state index contributed by atoms with van der Waals surface area (Å²) in [5.74, 6) is -0.474. The molecule has 10 heterocycles. The largest absolute Gasteiger partial charge is 0.396 e. The zero-order valence-corrected chi connectivity index (χ0v) is 92.7. The van der Waals surface area contributed by atoms with E-state index in [0.717, 1.165) is 88.3 Å². The summed E-state index contributed by atoms with van der Waals surface area (Å²) in [7, 11) is -18.1. The molecule has 1 atom stereocenters. The second-order valence-corrected chi connectivity index (χ2v) is 53.0. The number of nitrogens with zero attached hydrogens (tertiary/aromatic N) is 11. The number of pyridine rings is 5. The molecule has 0 saturated heterocycles. The molecule has 5 aliphatic rings. The highest BCUT2D eigenvalue weighted by atomic mass is 127. The highest BCUT2D eigenvalue weighted by molar-refractivity contribution is 14.1. The Hall–Kier alpha value is -8.12. The van der Waals surface area contributed by atoms with Crippen LogP contribution < -0.4 is 23.6 Å². The lowest BCUT2D eigenvalue weighted by Crippen LogP contribution is -2.34. The highest BCUT2D eigenvalue weighted by Crippen LogP contribution is 2.51. The van der Waals surface area contributed by atoms with Gasteiger partial charge in [0.1, 0.15) is 45.9 Å². The lowest BCUT2D eigenvalue weighted by molar-refractivity contribution is 0.0858. The molecule has 15 aromatic rings. The quantitative estimate of drug-likeness (QED) is 0.0177. The van der Waals surface area contributed by atoms with Crippen LogP contribution >= 0.6 is 134 Å². The summed E-state index contributed by atoms with van der Waals surface area (Å²) in [4.78, 5) is 17.5. The van der Waals surface area contributed by atoms with Gasteiger partial charge in [-0.2, -0.15) is 0 Å². The fourth-order valence-corrected chi connectivity index (χ4v) is 28.2. The summed E-state index contributed by atoms with van der Waals surface area (Å²) < 4.78 is 196. The number of aromatic nitrogens is 11. The first-order valence-corrected chi connectivity index (χ1v) is 58.4. The number of anilines is 5. The van der Waals surface area contributed by atoms with E-state index in [2.05, 4.69) is 108 Å². The van der Waals surface area contributed by atoms with Gasteiger partial charge in [0.25, 0.3) is 0 Å². The van der Waals surface area contributed by atoms with Crippen molar-refractivity contribution in [2.75, 3.05) is 43.4 Å². The number of fused-ring (bicyclic) bond motifs is 5. The fraction of sp³-hybridized carbons (Fsp3) is 0.333. The third kappa shape index (κ3) is 23.5. The van der Waals surface area contributed by atoms with Crippen LogP contribution in [-0.2, 0) is 82.2 Å². The van der Waals surface area contributed by atoms with Gasteiger partial charge in [0.05, 0.1) is 70.9 Å². The summed E-state index contributed by atoms with van der Waals surface area (Å²) in [5, 5.41) is 46.4. The molecule has 0 radical (unpaired) electrons. The van der Waals surface area contributed by atoms with Crippen LogP contribution in [0.25, 0.3) is 28.2 Å². The zero-order chi connectivity index (χ0) is 102. The SMILES string of the molecule is Cc1c(Cc2ccc(Br)cc2Cl)c(NS(=O)(=O)C2(CCO)CC2)cn2ccnc12.Cc1c(Cc2ccc(Br)cc2Cl)c(NS(=O)(=O)C2CC2)cn2ccnc12.Cc1c(Cc2ccc(I)cc2F)c(NS(=O)(=O)C2(CC(O)CO)CC2)cn2ccnc12.Cc1c(Cc2ccc(I)cc2F)c(NS(=O)(=O)C2(CCO)CC2)cn2ccnc12.Cc1nnc2c(Cl)c(Cc3ccc(I)cc3F)c(NS(=O)(=O)C3CC3)cn12. The van der Waals surface area contributed by atoms with Gasteiger partial charge >= 0.3 is 0 Å². The van der Waals surface area contributed by atoms with Crippen LogP contribution in [0.5, 0.6) is 0 Å². The van der Waals surface area contributed by atoms with Crippen molar-refractivity contribution in [1.82, 2.24) is 52.1 Å². The Morgan fingerprint density at radius 1 is 0.415 bits per heavy atom. The van der Waals surface area contributed by atoms with Crippen LogP contribution in [0, 0.1) is 62.8 Å². The molecular weight excluding hydrogens is 2470 g/mol. The number of aryl methyl sites for hydroxylation is 5. The van der Waals surface area contributed by atoms with Crippen molar-refractivity contribution in [1.29, 1.82) is 0 Å². The molecule has 0 amide bonds. The Kier molecular flexibility index (Phi) is 32.3. The van der Waals surface area contributed by atoms with Gasteiger partial charge in [-0.1, -0.05) is 97.0 Å². The number of nitrogens with one attached hydrogen (secondary N) is 5. The van der Waals surface area contributed by atoms with Crippen LogP contribution in [0.15, 0.2) is 180 Å². The molecule has 1 unspecified atom stereocenters. The van der Waals surface area contributed by atoms with Gasteiger partial charge in [-0.05, 0) is 319 Å². The first-order chi connectivity index (χ1) is 67.3. The lowest BCUT2D eigenvalue weighted by atomic mass is 10.00. The average Bonchev–Trinajstić information content (AvgIpc) is 1.59. The van der Waals surface area contributed by atoms with E-state index < -0.39 is 82.3 Å². The number of aliphatic hydroxyl groups is 4. The van der Waals surface area contributed by atoms with Crippen molar-refractivity contribution in [3.05, 3.63) is 307 Å². The standard InChI is InChI=1S/C21H23FIN3O4S.C20H21BrClN3O3S.C20H21FIN3O3S.C18H17BrClN3O2S.C17H15ClFIN4O2S/c1-13-17(8-14-2-3-15(23)9-18(14)22)19(11-26-7-6-24-20(13)26)25-31(29,30)21(4-5-21)10-16(28)12-27;1-13-16(10-14-2-3-15(21)11-17(14)22)18(12-25-8-7-23-19(13)25)24-29(27,28)20(4-5-20)6-9-26;1-13-16(10-14-2-3-15(22)11-17(14)21)18(12-25-8-7-23-19(13)25)24-29(27,28)20(4-5-20)6-9-26;1-11-15(8-12-2-3-13(19)9-16(12)20)17(10-23-7-6-21-18(11)23)22-26(24,25)14-4-5-14;1-9-21-22-17-16(18)13(6-10-2-3-11(20)7-14(10)19)15(8-24(9)17)23-27(25,26)12-4-5-12/h2-3,6-7,9,11,16,25,27-28H,4-5,8,10,12H2,1H3;2*2-3,7-8,11-12,24,26H,4-6,9-10H2,1H3;2-3,6-7,9-10,14,22H,4-5,8H2,1H3;2-3,7-8,12,23H,4-6H2,1H3. The molecule has 10 aromatic heterocycles. The van der Waals surface area contributed by atoms with Crippen molar-refractivity contribution in [2.24, 2.45) is 0 Å². The molecule has 9 N–H and O–H groups in total. The number of sulfonamides is 5. The topological polar surface area (TPSA) is 411 Å². The predicted molar refractivity (Wildman–Crippen MR) is 578 cm³/mol. The monoisotopic (exact) mass is 2560 g/mol. The minimum atomic E-state index is -3.86. The number of hydrogen-bond donors (Lipinski definition) is 9. The number of hydrogen-bond acceptors (Lipinski definition) is 20. The Labute approximate surface area is 891 Å². The molecule has 46 heteroatoms. The van der Waals surface area contributed by atoms with Gasteiger partial charge in [0.15, 0.2) is 5.65 Å². The number of halogens is 11. The first-order valence-electron chi connectivity index (χ1n) is 44.9. The van der Waals surface area contributed by atoms with Crippen LogP contribution in [-0.4, -0.2) is 165 Å². The molecule has 0 bridgehead atoms. The molecule has 30 nitrogen and oxygen atoms in total. The Balaban J connectivity index is 0.000000128. The maximum atomic E-state index is 14.6. The second-order valence-electron chi connectivity index (χ2n) is 36.1. The number of rotatable bonds is 32. The molecular formula is C96H97Br2Cl3F3I3N16O14S5. The maximum absolute atomic E-state index is 14.6. The van der Waals surface area contributed by atoms with E-state index in [1.165, 1.54) is 18.2 Å². The third-order valence-corrected chi connectivity index (χ3v) is 40.8. The van der Waals surface area contributed by atoms with E-state index in [9.17, 15) is 70.6 Å². The summed E-state index contributed by atoms with van der Waals surface area (Å²) in [6.45, 7) is 8.51. The van der Waals surface area contributed by atoms with Gasteiger partial charge in [-0.25, -0.2) is 75.2 Å². The first kappa shape index (κ1) is 107. The predicted octanol–water partition coefficient (Wildman–Crippen LogP) is 19.4. The van der Waals surface area contributed by atoms with E-state index in [1.54, 1.807) is 119 Å². The van der Waals surface area contributed by atoms with Crippen molar-refractivity contribution in [2.45, 2.75) is 181 Å². The molecule has 752 valence electrons. The molecule has 20 rings (SSSR count). The number of benzene rings is 5. The Morgan fingerprint density at radius 3 is 1.02 bits per heavy atom. The van der Waals surface area contributed by atoms with Crippen molar-refractivity contribution >= 4 is 241 Å². The molecule has 142 heavy (non-hydrogen) atoms. The molecule has 0 aliphatic heterocycles. The molecule has 5 saturated carbocycles. The maximum Gasteiger partial charge on any atom is 0.238 e. The van der Waals surface area contributed by atoms with Gasteiger partial charge in [-0.3, -0.25) is 28.0 Å². The van der Waals surface area contributed by atoms with E-state index in [0.29, 0.717) is 159 Å². The van der Waals surface area contributed by atoms with E-state index in [-0.39, 0.29) is 79.5 Å². The van der Waals surface area contributed by atoms with Crippen molar-refractivity contribution < 1.29 is 75.7 Å². The van der Waals surface area contributed by atoms with Crippen LogP contribution in [0.1, 0.15) is 167 Å². The molecule has 0 spiro atoms. The van der Waals surface area contributed by atoms with Crippen LogP contribution in [0.2, 0.25) is 15.1 Å². The Morgan fingerprint density at radius 2 is 0.718 bits per heavy atom. The zero-order valence-electron chi connectivity index (χ0n) is 76.7. The fourth-order valence-electron chi connectivity index (χ4n) is 17.2.